The van der Waals surface area contributed by atoms with Crippen molar-refractivity contribution in [2.45, 2.75) is 31.2 Å². The van der Waals surface area contributed by atoms with Crippen molar-refractivity contribution in [3.05, 3.63) is 94.5 Å². The standard InChI is InChI=1S/C23H23ClN2O3S/c1-16-8-11-20(12-9-16)30(28,29)26-22(18-6-4-3-5-7-18)15-23(27)25-19-10-13-21(24)17(2)14-19/h3-14,22,26H,15H2,1-2H3,(H,25,27)/t22-/m1/s1. The first kappa shape index (κ1) is 22.0. The molecule has 3 rings (SSSR count). The molecule has 2 N–H and O–H groups in total. The monoisotopic (exact) mass is 442 g/mol. The van der Waals surface area contributed by atoms with E-state index >= 15 is 0 Å². The number of amides is 1. The lowest BCUT2D eigenvalue weighted by Crippen LogP contribution is -2.31. The quantitative estimate of drug-likeness (QED) is 0.540. The van der Waals surface area contributed by atoms with Crippen LogP contribution in [0, 0.1) is 13.8 Å². The minimum atomic E-state index is -3.80. The Labute approximate surface area is 182 Å². The summed E-state index contributed by atoms with van der Waals surface area (Å²) in [6, 6.07) is 20.1. The highest BCUT2D eigenvalue weighted by molar-refractivity contribution is 7.89. The molecule has 0 aromatic heterocycles. The van der Waals surface area contributed by atoms with Crippen LogP contribution in [-0.2, 0) is 14.8 Å². The number of anilines is 1. The topological polar surface area (TPSA) is 75.3 Å². The molecule has 0 bridgehead atoms. The van der Waals surface area contributed by atoms with E-state index in [1.807, 2.05) is 32.0 Å². The van der Waals surface area contributed by atoms with Crippen LogP contribution >= 0.6 is 11.6 Å². The van der Waals surface area contributed by atoms with E-state index in [9.17, 15) is 13.2 Å². The number of carbonyl (C=O) groups is 1. The summed E-state index contributed by atoms with van der Waals surface area (Å²) >= 11 is 6.03. The molecule has 0 aliphatic rings. The molecule has 156 valence electrons. The highest BCUT2D eigenvalue weighted by atomic mass is 35.5. The maximum atomic E-state index is 12.9. The second-order valence-electron chi connectivity index (χ2n) is 7.11. The zero-order valence-electron chi connectivity index (χ0n) is 16.7. The second-order valence-corrected chi connectivity index (χ2v) is 9.24. The van der Waals surface area contributed by atoms with Crippen molar-refractivity contribution in [3.63, 3.8) is 0 Å². The summed E-state index contributed by atoms with van der Waals surface area (Å²) in [5.41, 5.74) is 3.12. The maximum Gasteiger partial charge on any atom is 0.241 e. The van der Waals surface area contributed by atoms with Gasteiger partial charge in [0.25, 0.3) is 0 Å². The highest BCUT2D eigenvalue weighted by Crippen LogP contribution is 2.23. The molecule has 0 spiro atoms. The molecule has 0 saturated carbocycles. The Morgan fingerprint density at radius 1 is 0.967 bits per heavy atom. The molecule has 30 heavy (non-hydrogen) atoms. The number of rotatable bonds is 7. The molecule has 0 fully saturated rings. The molecule has 0 aliphatic carbocycles. The summed E-state index contributed by atoms with van der Waals surface area (Å²) in [5, 5.41) is 3.42. The number of benzene rings is 3. The predicted molar refractivity (Wildman–Crippen MR) is 120 cm³/mol. The first-order chi connectivity index (χ1) is 14.2. The third kappa shape index (κ3) is 5.69. The Morgan fingerprint density at radius 3 is 2.27 bits per heavy atom. The van der Waals surface area contributed by atoms with Crippen LogP contribution in [0.2, 0.25) is 5.02 Å². The average molecular weight is 443 g/mol. The number of aryl methyl sites for hydroxylation is 2. The van der Waals surface area contributed by atoms with Crippen molar-refractivity contribution < 1.29 is 13.2 Å². The molecule has 0 heterocycles. The summed E-state index contributed by atoms with van der Waals surface area (Å²) in [7, 11) is -3.80. The van der Waals surface area contributed by atoms with E-state index in [1.165, 1.54) is 0 Å². The van der Waals surface area contributed by atoms with Crippen LogP contribution in [0.5, 0.6) is 0 Å². The van der Waals surface area contributed by atoms with Crippen LogP contribution in [0.25, 0.3) is 0 Å². The Hall–Kier alpha value is -2.67. The van der Waals surface area contributed by atoms with Crippen LogP contribution in [-0.4, -0.2) is 14.3 Å². The van der Waals surface area contributed by atoms with Crippen LogP contribution in [0.3, 0.4) is 0 Å². The third-order valence-electron chi connectivity index (χ3n) is 4.66. The molecule has 7 heteroatoms. The molecule has 1 amide bonds. The Morgan fingerprint density at radius 2 is 1.63 bits per heavy atom. The van der Waals surface area contributed by atoms with Gasteiger partial charge in [0.1, 0.15) is 0 Å². The van der Waals surface area contributed by atoms with Crippen molar-refractivity contribution in [1.29, 1.82) is 0 Å². The van der Waals surface area contributed by atoms with Gasteiger partial charge in [0, 0.05) is 17.1 Å². The zero-order chi connectivity index (χ0) is 21.7. The molecule has 3 aromatic rings. The van der Waals surface area contributed by atoms with Gasteiger partial charge in [-0.15, -0.1) is 0 Å². The summed E-state index contributed by atoms with van der Waals surface area (Å²) in [5.74, 6) is -0.308. The zero-order valence-corrected chi connectivity index (χ0v) is 18.3. The van der Waals surface area contributed by atoms with E-state index in [2.05, 4.69) is 10.0 Å². The summed E-state index contributed by atoms with van der Waals surface area (Å²) in [4.78, 5) is 12.8. The fourth-order valence-electron chi connectivity index (χ4n) is 3.01. The number of nitrogens with one attached hydrogen (secondary N) is 2. The van der Waals surface area contributed by atoms with Gasteiger partial charge in [-0.2, -0.15) is 0 Å². The van der Waals surface area contributed by atoms with Crippen LogP contribution < -0.4 is 10.0 Å². The maximum absolute atomic E-state index is 12.9. The van der Waals surface area contributed by atoms with E-state index < -0.39 is 16.1 Å². The molecular weight excluding hydrogens is 420 g/mol. The number of sulfonamides is 1. The molecule has 0 saturated heterocycles. The molecule has 0 unspecified atom stereocenters. The summed E-state index contributed by atoms with van der Waals surface area (Å²) in [6.45, 7) is 3.74. The van der Waals surface area contributed by atoms with Gasteiger partial charge in [0.15, 0.2) is 0 Å². The van der Waals surface area contributed by atoms with Gasteiger partial charge < -0.3 is 5.32 Å². The van der Waals surface area contributed by atoms with Crippen LogP contribution in [0.15, 0.2) is 77.7 Å². The smallest absolute Gasteiger partial charge is 0.241 e. The van der Waals surface area contributed by atoms with E-state index in [0.29, 0.717) is 16.3 Å². The fourth-order valence-corrected chi connectivity index (χ4v) is 4.35. The molecule has 3 aromatic carbocycles. The Balaban J connectivity index is 1.81. The molecule has 0 aliphatic heterocycles. The van der Waals surface area contributed by atoms with Crippen molar-refractivity contribution in [2.24, 2.45) is 0 Å². The van der Waals surface area contributed by atoms with Gasteiger partial charge in [-0.1, -0.05) is 59.6 Å². The van der Waals surface area contributed by atoms with Gasteiger partial charge in [0.05, 0.1) is 10.9 Å². The van der Waals surface area contributed by atoms with Gasteiger partial charge >= 0.3 is 0 Å². The SMILES string of the molecule is Cc1ccc(S(=O)(=O)N[C@H](CC(=O)Nc2ccc(Cl)c(C)c2)c2ccccc2)cc1. The average Bonchev–Trinajstić information content (AvgIpc) is 2.71. The highest BCUT2D eigenvalue weighted by Gasteiger charge is 2.24. The minimum Gasteiger partial charge on any atom is -0.326 e. The van der Waals surface area contributed by atoms with Crippen molar-refractivity contribution >= 4 is 33.2 Å². The van der Waals surface area contributed by atoms with Gasteiger partial charge in [-0.3, -0.25) is 4.79 Å². The molecule has 5 nitrogen and oxygen atoms in total. The van der Waals surface area contributed by atoms with Crippen LogP contribution in [0.1, 0.15) is 29.2 Å². The normalized spacial score (nSPS) is 12.4. The third-order valence-corrected chi connectivity index (χ3v) is 6.57. The second kappa shape index (κ2) is 9.43. The van der Waals surface area contributed by atoms with Crippen molar-refractivity contribution in [1.82, 2.24) is 4.72 Å². The molecule has 1 atom stereocenters. The lowest BCUT2D eigenvalue weighted by atomic mass is 10.0. The lowest BCUT2D eigenvalue weighted by molar-refractivity contribution is -0.116. The first-order valence-corrected chi connectivity index (χ1v) is 11.3. The van der Waals surface area contributed by atoms with Crippen LogP contribution in [0.4, 0.5) is 5.69 Å². The van der Waals surface area contributed by atoms with Gasteiger partial charge in [0.2, 0.25) is 15.9 Å². The summed E-state index contributed by atoms with van der Waals surface area (Å²) in [6.07, 6.45) is -0.0588. The number of hydrogen-bond donors (Lipinski definition) is 2. The fraction of sp³-hybridized carbons (Fsp3) is 0.174. The van der Waals surface area contributed by atoms with Gasteiger partial charge in [-0.25, -0.2) is 13.1 Å². The van der Waals surface area contributed by atoms with E-state index in [1.54, 1.807) is 54.6 Å². The van der Waals surface area contributed by atoms with E-state index in [0.717, 1.165) is 11.1 Å². The largest absolute Gasteiger partial charge is 0.326 e. The van der Waals surface area contributed by atoms with Gasteiger partial charge in [-0.05, 0) is 55.3 Å². The Kier molecular flexibility index (Phi) is 6.92. The summed E-state index contributed by atoms with van der Waals surface area (Å²) < 4.78 is 28.5. The lowest BCUT2D eigenvalue weighted by Gasteiger charge is -2.19. The van der Waals surface area contributed by atoms with Crippen molar-refractivity contribution in [3.8, 4) is 0 Å². The molecular formula is C23H23ClN2O3S. The Bertz CT molecular complexity index is 1130. The van der Waals surface area contributed by atoms with E-state index in [4.69, 9.17) is 11.6 Å². The number of halogens is 1. The van der Waals surface area contributed by atoms with Crippen molar-refractivity contribution in [2.75, 3.05) is 5.32 Å². The predicted octanol–water partition coefficient (Wildman–Crippen LogP) is 5.01. The first-order valence-electron chi connectivity index (χ1n) is 9.44. The number of hydrogen-bond acceptors (Lipinski definition) is 3. The minimum absolute atomic E-state index is 0.0588. The number of carbonyl (C=O) groups excluding carboxylic acids is 1. The molecule has 0 radical (unpaired) electrons. The van der Waals surface area contributed by atoms with E-state index in [-0.39, 0.29) is 17.2 Å².